The minimum Gasteiger partial charge on any atom is -0.490 e. The lowest BCUT2D eigenvalue weighted by Crippen LogP contribution is -2.09. The van der Waals surface area contributed by atoms with Crippen molar-refractivity contribution in [3.8, 4) is 11.5 Å². The second kappa shape index (κ2) is 6.75. The smallest absolute Gasteiger partial charge is 0.165 e. The zero-order valence-electron chi connectivity index (χ0n) is 10.5. The van der Waals surface area contributed by atoms with Crippen molar-refractivity contribution >= 4 is 0 Å². The van der Waals surface area contributed by atoms with Crippen LogP contribution >= 0.6 is 0 Å². The van der Waals surface area contributed by atoms with Crippen LogP contribution in [0.1, 0.15) is 5.56 Å². The number of ether oxygens (including phenoxy) is 2. The Bertz CT molecular complexity index is 514. The summed E-state index contributed by atoms with van der Waals surface area (Å²) in [5, 5.41) is 0. The fraction of sp³-hybridized carbons (Fsp3) is 0.200. The molecule has 2 aromatic carbocycles. The summed E-state index contributed by atoms with van der Waals surface area (Å²) in [5.41, 5.74) is 6.55. The summed E-state index contributed by atoms with van der Waals surface area (Å²) in [6.07, 6.45) is 0. The Morgan fingerprint density at radius 3 is 2.26 bits per heavy atom. The van der Waals surface area contributed by atoms with E-state index in [-0.39, 0.29) is 11.6 Å². The molecule has 0 spiro atoms. The van der Waals surface area contributed by atoms with Crippen molar-refractivity contribution in [2.24, 2.45) is 5.73 Å². The summed E-state index contributed by atoms with van der Waals surface area (Å²) in [5.74, 6) is 0.619. The Morgan fingerprint density at radius 2 is 1.58 bits per heavy atom. The van der Waals surface area contributed by atoms with Crippen LogP contribution in [-0.4, -0.2) is 13.2 Å². The van der Waals surface area contributed by atoms with Gasteiger partial charge < -0.3 is 15.2 Å². The van der Waals surface area contributed by atoms with Gasteiger partial charge in [-0.1, -0.05) is 24.3 Å². The van der Waals surface area contributed by atoms with Gasteiger partial charge in [-0.15, -0.1) is 0 Å². The van der Waals surface area contributed by atoms with E-state index in [1.807, 2.05) is 24.3 Å². The Balaban J connectivity index is 1.76. The number of nitrogens with two attached hydrogens (primary N) is 1. The molecule has 0 bridgehead atoms. The number of hydrogen-bond donors (Lipinski definition) is 1. The molecule has 2 aromatic rings. The summed E-state index contributed by atoms with van der Waals surface area (Å²) < 4.78 is 24.0. The first-order valence-corrected chi connectivity index (χ1v) is 6.09. The molecule has 0 aromatic heterocycles. The molecular formula is C15H16FNO2. The standard InChI is InChI=1S/C15H16FNO2/c16-14-3-1-2-4-15(14)19-10-9-18-13-7-5-12(11-17)6-8-13/h1-8H,9-11,17H2. The minimum atomic E-state index is -0.366. The Hall–Kier alpha value is -2.07. The third-order valence-electron chi connectivity index (χ3n) is 2.61. The molecule has 0 aliphatic heterocycles. The summed E-state index contributed by atoms with van der Waals surface area (Å²) in [4.78, 5) is 0. The molecule has 0 fully saturated rings. The maximum absolute atomic E-state index is 13.2. The second-order valence-corrected chi connectivity index (χ2v) is 3.98. The predicted molar refractivity (Wildman–Crippen MR) is 71.7 cm³/mol. The van der Waals surface area contributed by atoms with Crippen molar-refractivity contribution in [3.63, 3.8) is 0 Å². The van der Waals surface area contributed by atoms with Gasteiger partial charge in [-0.3, -0.25) is 0 Å². The monoisotopic (exact) mass is 261 g/mol. The highest BCUT2D eigenvalue weighted by molar-refractivity contribution is 5.27. The molecule has 0 saturated carbocycles. The van der Waals surface area contributed by atoms with Crippen molar-refractivity contribution < 1.29 is 13.9 Å². The molecule has 0 radical (unpaired) electrons. The lowest BCUT2D eigenvalue weighted by atomic mass is 10.2. The molecule has 0 atom stereocenters. The van der Waals surface area contributed by atoms with Crippen LogP contribution in [0.3, 0.4) is 0 Å². The molecule has 100 valence electrons. The van der Waals surface area contributed by atoms with Crippen molar-refractivity contribution in [1.29, 1.82) is 0 Å². The molecule has 19 heavy (non-hydrogen) atoms. The largest absolute Gasteiger partial charge is 0.490 e. The second-order valence-electron chi connectivity index (χ2n) is 3.98. The van der Waals surface area contributed by atoms with Gasteiger partial charge in [0, 0.05) is 6.54 Å². The Kier molecular flexibility index (Phi) is 4.75. The van der Waals surface area contributed by atoms with E-state index in [1.54, 1.807) is 18.2 Å². The highest BCUT2D eigenvalue weighted by Gasteiger charge is 2.01. The van der Waals surface area contributed by atoms with Gasteiger partial charge in [-0.05, 0) is 29.8 Å². The third kappa shape index (κ3) is 3.96. The van der Waals surface area contributed by atoms with Crippen LogP contribution in [0, 0.1) is 5.82 Å². The van der Waals surface area contributed by atoms with Crippen molar-refractivity contribution in [1.82, 2.24) is 0 Å². The summed E-state index contributed by atoms with van der Waals surface area (Å²) in [6.45, 7) is 1.16. The van der Waals surface area contributed by atoms with Gasteiger partial charge >= 0.3 is 0 Å². The normalized spacial score (nSPS) is 10.2. The van der Waals surface area contributed by atoms with E-state index < -0.39 is 0 Å². The van der Waals surface area contributed by atoms with E-state index in [4.69, 9.17) is 15.2 Å². The molecule has 0 amide bonds. The van der Waals surface area contributed by atoms with Crippen LogP contribution in [0.5, 0.6) is 11.5 Å². The van der Waals surface area contributed by atoms with Crippen LogP contribution in [-0.2, 0) is 6.54 Å². The van der Waals surface area contributed by atoms with Crippen LogP contribution < -0.4 is 15.2 Å². The Labute approximate surface area is 111 Å². The van der Waals surface area contributed by atoms with Crippen LogP contribution in [0.15, 0.2) is 48.5 Å². The number of hydrogen-bond acceptors (Lipinski definition) is 3. The highest BCUT2D eigenvalue weighted by Crippen LogP contribution is 2.15. The molecule has 0 saturated heterocycles. The van der Waals surface area contributed by atoms with Crippen molar-refractivity contribution in [3.05, 3.63) is 59.9 Å². The zero-order valence-corrected chi connectivity index (χ0v) is 10.5. The van der Waals surface area contributed by atoms with Gasteiger partial charge in [0.05, 0.1) is 0 Å². The molecule has 0 heterocycles. The quantitative estimate of drug-likeness (QED) is 0.813. The van der Waals surface area contributed by atoms with Gasteiger partial charge in [-0.2, -0.15) is 0 Å². The zero-order chi connectivity index (χ0) is 13.5. The van der Waals surface area contributed by atoms with Crippen molar-refractivity contribution in [2.75, 3.05) is 13.2 Å². The van der Waals surface area contributed by atoms with Gasteiger partial charge in [0.25, 0.3) is 0 Å². The maximum Gasteiger partial charge on any atom is 0.165 e. The molecule has 2 N–H and O–H groups in total. The number of benzene rings is 2. The first-order chi connectivity index (χ1) is 9.29. The van der Waals surface area contributed by atoms with E-state index in [0.29, 0.717) is 19.8 Å². The van der Waals surface area contributed by atoms with Crippen molar-refractivity contribution in [2.45, 2.75) is 6.54 Å². The fourth-order valence-corrected chi connectivity index (χ4v) is 1.59. The fourth-order valence-electron chi connectivity index (χ4n) is 1.59. The number of para-hydroxylation sites is 1. The highest BCUT2D eigenvalue weighted by atomic mass is 19.1. The molecule has 0 aliphatic carbocycles. The summed E-state index contributed by atoms with van der Waals surface area (Å²) in [6, 6.07) is 13.8. The number of halogens is 1. The lowest BCUT2D eigenvalue weighted by Gasteiger charge is -2.09. The van der Waals surface area contributed by atoms with E-state index in [0.717, 1.165) is 11.3 Å². The van der Waals surface area contributed by atoms with E-state index >= 15 is 0 Å². The average molecular weight is 261 g/mol. The molecule has 4 heteroatoms. The van der Waals surface area contributed by atoms with Gasteiger partial charge in [0.2, 0.25) is 0 Å². The third-order valence-corrected chi connectivity index (χ3v) is 2.61. The van der Waals surface area contributed by atoms with E-state index in [9.17, 15) is 4.39 Å². The van der Waals surface area contributed by atoms with E-state index in [2.05, 4.69) is 0 Å². The minimum absolute atomic E-state index is 0.240. The summed E-state index contributed by atoms with van der Waals surface area (Å²) in [7, 11) is 0. The predicted octanol–water partition coefficient (Wildman–Crippen LogP) is 2.74. The molecule has 0 aliphatic rings. The van der Waals surface area contributed by atoms with E-state index in [1.165, 1.54) is 6.07 Å². The molecule has 2 rings (SSSR count). The summed E-state index contributed by atoms with van der Waals surface area (Å²) >= 11 is 0. The first kappa shape index (κ1) is 13.4. The molecular weight excluding hydrogens is 245 g/mol. The van der Waals surface area contributed by atoms with Crippen LogP contribution in [0.25, 0.3) is 0 Å². The topological polar surface area (TPSA) is 44.5 Å². The molecule has 3 nitrogen and oxygen atoms in total. The van der Waals surface area contributed by atoms with Crippen LogP contribution in [0.4, 0.5) is 4.39 Å². The van der Waals surface area contributed by atoms with Gasteiger partial charge in [0.1, 0.15) is 19.0 Å². The average Bonchev–Trinajstić information content (AvgIpc) is 2.46. The maximum atomic E-state index is 13.2. The number of rotatable bonds is 6. The van der Waals surface area contributed by atoms with Gasteiger partial charge in [0.15, 0.2) is 11.6 Å². The molecule has 0 unspecified atom stereocenters. The SMILES string of the molecule is NCc1ccc(OCCOc2ccccc2F)cc1. The van der Waals surface area contributed by atoms with Crippen LogP contribution in [0.2, 0.25) is 0 Å². The Morgan fingerprint density at radius 1 is 0.895 bits per heavy atom. The first-order valence-electron chi connectivity index (χ1n) is 6.09. The van der Waals surface area contributed by atoms with Gasteiger partial charge in [-0.25, -0.2) is 4.39 Å². The lowest BCUT2D eigenvalue weighted by molar-refractivity contribution is 0.211.